The van der Waals surface area contributed by atoms with Gasteiger partial charge in [-0.3, -0.25) is 0 Å². The molecular formula is C29H27ClF2N2O3. The third kappa shape index (κ3) is 5.47. The van der Waals surface area contributed by atoms with Crippen LogP contribution in [0.25, 0.3) is 22.4 Å². The van der Waals surface area contributed by atoms with Crippen molar-refractivity contribution < 1.29 is 23.0 Å². The molecule has 0 spiro atoms. The van der Waals surface area contributed by atoms with Gasteiger partial charge in [-0.25, -0.2) is 18.6 Å². The van der Waals surface area contributed by atoms with E-state index < -0.39 is 17.6 Å². The quantitative estimate of drug-likeness (QED) is 0.234. The van der Waals surface area contributed by atoms with Crippen molar-refractivity contribution in [1.82, 2.24) is 9.55 Å². The molecular weight excluding hydrogens is 498 g/mol. The molecule has 0 bridgehead atoms. The lowest BCUT2D eigenvalue weighted by Crippen LogP contribution is -2.15. The largest absolute Gasteiger partial charge is 0.488 e. The van der Waals surface area contributed by atoms with Crippen molar-refractivity contribution in [2.75, 3.05) is 7.11 Å². The van der Waals surface area contributed by atoms with Gasteiger partial charge in [-0.15, -0.1) is 0 Å². The van der Waals surface area contributed by atoms with Crippen LogP contribution in [0, 0.1) is 17.6 Å². The number of esters is 1. The average molecular weight is 525 g/mol. The highest BCUT2D eigenvalue weighted by atomic mass is 35.5. The number of hydrogen-bond donors (Lipinski definition) is 0. The lowest BCUT2D eigenvalue weighted by atomic mass is 9.89. The first-order valence-corrected chi connectivity index (χ1v) is 12.8. The summed E-state index contributed by atoms with van der Waals surface area (Å²) < 4.78 is 41.3. The van der Waals surface area contributed by atoms with Gasteiger partial charge < -0.3 is 14.0 Å². The van der Waals surface area contributed by atoms with E-state index in [-0.39, 0.29) is 6.61 Å². The molecule has 0 amide bonds. The van der Waals surface area contributed by atoms with Crippen molar-refractivity contribution in [3.8, 4) is 17.1 Å². The van der Waals surface area contributed by atoms with E-state index in [1.54, 1.807) is 30.3 Å². The summed E-state index contributed by atoms with van der Waals surface area (Å²) in [6.07, 6.45) is 5.72. The van der Waals surface area contributed by atoms with Crippen LogP contribution in [-0.4, -0.2) is 22.6 Å². The first-order valence-electron chi connectivity index (χ1n) is 12.4. The van der Waals surface area contributed by atoms with Crippen LogP contribution in [0.4, 0.5) is 8.78 Å². The number of methoxy groups -OCH3 is 1. The summed E-state index contributed by atoms with van der Waals surface area (Å²) in [5.41, 5.74) is 2.80. The highest BCUT2D eigenvalue weighted by Crippen LogP contribution is 2.37. The van der Waals surface area contributed by atoms with Gasteiger partial charge in [0.05, 0.1) is 29.3 Å². The molecule has 192 valence electrons. The topological polar surface area (TPSA) is 53.4 Å². The molecule has 1 aliphatic carbocycles. The maximum absolute atomic E-state index is 14.3. The van der Waals surface area contributed by atoms with Crippen molar-refractivity contribution in [2.45, 2.75) is 45.3 Å². The molecule has 1 fully saturated rings. The number of hydrogen-bond acceptors (Lipinski definition) is 4. The second-order valence-corrected chi connectivity index (χ2v) is 9.86. The predicted octanol–water partition coefficient (Wildman–Crippen LogP) is 7.58. The molecule has 0 unspecified atom stereocenters. The molecule has 5 nitrogen and oxygen atoms in total. The molecule has 0 saturated heterocycles. The van der Waals surface area contributed by atoms with Crippen LogP contribution in [0.15, 0.2) is 54.6 Å². The minimum Gasteiger partial charge on any atom is -0.488 e. The molecule has 37 heavy (non-hydrogen) atoms. The van der Waals surface area contributed by atoms with Crippen LogP contribution in [0.1, 0.15) is 48.0 Å². The molecule has 0 aliphatic heterocycles. The Kier molecular flexibility index (Phi) is 7.42. The Morgan fingerprint density at radius 1 is 1.05 bits per heavy atom. The number of benzene rings is 3. The predicted molar refractivity (Wildman–Crippen MR) is 139 cm³/mol. The van der Waals surface area contributed by atoms with E-state index in [0.29, 0.717) is 51.2 Å². The number of halogens is 3. The Morgan fingerprint density at radius 3 is 2.62 bits per heavy atom. The van der Waals surface area contributed by atoms with Gasteiger partial charge in [0, 0.05) is 23.7 Å². The minimum absolute atomic E-state index is 0.171. The summed E-state index contributed by atoms with van der Waals surface area (Å²) in [6, 6.07) is 14.6. The van der Waals surface area contributed by atoms with Crippen LogP contribution in [0.3, 0.4) is 0 Å². The lowest BCUT2D eigenvalue weighted by molar-refractivity contribution is 0.0600. The number of carbonyl (C=O) groups is 1. The van der Waals surface area contributed by atoms with Gasteiger partial charge >= 0.3 is 5.97 Å². The van der Waals surface area contributed by atoms with E-state index in [9.17, 15) is 13.6 Å². The maximum Gasteiger partial charge on any atom is 0.337 e. The molecule has 1 heterocycles. The standard InChI is InChI=1S/C29H27ClF2N2O3/c1-36-29(35)20-9-5-8-19(12-20)17-37-27-13-21(30)10-11-22(27)28-33-25-14-23(31)24(32)15-26(25)34(28)16-18-6-3-2-4-7-18/h5,8-15,18H,2-4,6-7,16-17H2,1H3. The summed E-state index contributed by atoms with van der Waals surface area (Å²) in [6.45, 7) is 0.824. The van der Waals surface area contributed by atoms with Crippen molar-refractivity contribution >= 4 is 28.6 Å². The zero-order valence-electron chi connectivity index (χ0n) is 20.5. The van der Waals surface area contributed by atoms with E-state index >= 15 is 0 Å². The second-order valence-electron chi connectivity index (χ2n) is 9.43. The Labute approximate surface area is 219 Å². The van der Waals surface area contributed by atoms with Gasteiger partial charge in [0.15, 0.2) is 11.6 Å². The minimum atomic E-state index is -0.931. The summed E-state index contributed by atoms with van der Waals surface area (Å²) in [4.78, 5) is 16.6. The number of aromatic nitrogens is 2. The van der Waals surface area contributed by atoms with Crippen molar-refractivity contribution in [2.24, 2.45) is 5.92 Å². The SMILES string of the molecule is COC(=O)c1cccc(COc2cc(Cl)ccc2-c2nc3cc(F)c(F)cc3n2CC2CCCCC2)c1. The highest BCUT2D eigenvalue weighted by molar-refractivity contribution is 6.30. The second kappa shape index (κ2) is 10.9. The van der Waals surface area contributed by atoms with E-state index in [0.717, 1.165) is 37.3 Å². The number of carbonyl (C=O) groups excluding carboxylic acids is 1. The third-order valence-electron chi connectivity index (χ3n) is 6.88. The fourth-order valence-corrected chi connectivity index (χ4v) is 5.17. The van der Waals surface area contributed by atoms with Gasteiger partial charge in [0.25, 0.3) is 0 Å². The average Bonchev–Trinajstić information content (AvgIpc) is 3.24. The fourth-order valence-electron chi connectivity index (χ4n) is 5.01. The number of ether oxygens (including phenoxy) is 2. The summed E-state index contributed by atoms with van der Waals surface area (Å²) >= 11 is 6.32. The van der Waals surface area contributed by atoms with Crippen LogP contribution < -0.4 is 4.74 Å². The van der Waals surface area contributed by atoms with E-state index in [2.05, 4.69) is 0 Å². The Bertz CT molecular complexity index is 1450. The van der Waals surface area contributed by atoms with Crippen molar-refractivity contribution in [3.05, 3.63) is 82.4 Å². The molecule has 0 radical (unpaired) electrons. The zero-order valence-corrected chi connectivity index (χ0v) is 21.2. The zero-order chi connectivity index (χ0) is 25.9. The summed E-state index contributed by atoms with van der Waals surface area (Å²) in [7, 11) is 1.33. The molecule has 0 N–H and O–H groups in total. The van der Waals surface area contributed by atoms with Gasteiger partial charge in [0.1, 0.15) is 18.2 Å². The Morgan fingerprint density at radius 2 is 1.84 bits per heavy atom. The van der Waals surface area contributed by atoms with E-state index in [1.165, 1.54) is 19.6 Å². The van der Waals surface area contributed by atoms with E-state index in [4.69, 9.17) is 26.1 Å². The number of nitrogens with zero attached hydrogens (tertiary/aromatic N) is 2. The molecule has 1 aliphatic rings. The normalized spacial score (nSPS) is 14.2. The highest BCUT2D eigenvalue weighted by Gasteiger charge is 2.22. The third-order valence-corrected chi connectivity index (χ3v) is 7.12. The van der Waals surface area contributed by atoms with Crippen molar-refractivity contribution in [1.29, 1.82) is 0 Å². The first kappa shape index (κ1) is 25.2. The number of imidazole rings is 1. The van der Waals surface area contributed by atoms with Crippen LogP contribution in [0.5, 0.6) is 5.75 Å². The molecule has 3 aromatic carbocycles. The van der Waals surface area contributed by atoms with Crippen molar-refractivity contribution in [3.63, 3.8) is 0 Å². The monoisotopic (exact) mass is 524 g/mol. The van der Waals surface area contributed by atoms with Gasteiger partial charge in [-0.1, -0.05) is 43.0 Å². The first-order chi connectivity index (χ1) is 17.9. The van der Waals surface area contributed by atoms with Gasteiger partial charge in [-0.2, -0.15) is 0 Å². The van der Waals surface area contributed by atoms with Gasteiger partial charge in [-0.05, 0) is 54.7 Å². The molecule has 1 aromatic heterocycles. The van der Waals surface area contributed by atoms with Crippen LogP contribution >= 0.6 is 11.6 Å². The Balaban J connectivity index is 1.54. The molecule has 1 saturated carbocycles. The molecule has 5 rings (SSSR count). The maximum atomic E-state index is 14.3. The van der Waals surface area contributed by atoms with Crippen LogP contribution in [0.2, 0.25) is 5.02 Å². The number of fused-ring (bicyclic) bond motifs is 1. The van der Waals surface area contributed by atoms with Crippen LogP contribution in [-0.2, 0) is 17.9 Å². The summed E-state index contributed by atoms with van der Waals surface area (Å²) in [5, 5.41) is 0.481. The molecule has 4 aromatic rings. The smallest absolute Gasteiger partial charge is 0.337 e. The van der Waals surface area contributed by atoms with Gasteiger partial charge in [0.2, 0.25) is 0 Å². The number of rotatable bonds is 7. The Hall–Kier alpha value is -3.45. The molecule has 0 atom stereocenters. The van der Waals surface area contributed by atoms with E-state index in [1.807, 2.05) is 16.7 Å². The molecule has 8 heteroatoms. The fraction of sp³-hybridized carbons (Fsp3) is 0.310. The summed E-state index contributed by atoms with van der Waals surface area (Å²) in [5.74, 6) is -0.782. The lowest BCUT2D eigenvalue weighted by Gasteiger charge is -2.23.